The van der Waals surface area contributed by atoms with E-state index in [4.69, 9.17) is 14.7 Å². The van der Waals surface area contributed by atoms with Crippen molar-refractivity contribution in [2.45, 2.75) is 46.1 Å². The fourth-order valence-corrected chi connectivity index (χ4v) is 3.87. The van der Waals surface area contributed by atoms with Crippen molar-refractivity contribution >= 4 is 24.2 Å². The quantitative estimate of drug-likeness (QED) is 0.438. The molecule has 0 radical (unpaired) electrons. The normalized spacial score (nSPS) is 13.3. The van der Waals surface area contributed by atoms with E-state index in [2.05, 4.69) is 36.5 Å². The Labute approximate surface area is 225 Å². The molecule has 204 valence electrons. The molecule has 1 aliphatic rings. The fraction of sp³-hybridized carbons (Fsp3) is 0.448. The number of carbonyl (C=O) groups is 3. The highest BCUT2D eigenvalue weighted by molar-refractivity contribution is 5.79. The predicted molar refractivity (Wildman–Crippen MR) is 147 cm³/mol. The van der Waals surface area contributed by atoms with E-state index in [1.165, 1.54) is 5.56 Å². The number of carbonyl (C=O) groups excluding carboxylic acids is 3. The average Bonchev–Trinajstić information content (AvgIpc) is 2.87. The van der Waals surface area contributed by atoms with Crippen molar-refractivity contribution in [2.24, 2.45) is 5.92 Å². The van der Waals surface area contributed by atoms with Gasteiger partial charge in [0.05, 0.1) is 11.8 Å². The topological polar surface area (TPSA) is 112 Å². The maximum Gasteiger partial charge on any atom is 0.410 e. The summed E-state index contributed by atoms with van der Waals surface area (Å²) in [6.07, 6.45) is 0.885. The molecular formula is C29H38N4O5. The van der Waals surface area contributed by atoms with Crippen molar-refractivity contribution in [3.63, 3.8) is 0 Å². The van der Waals surface area contributed by atoms with Gasteiger partial charge in [0.2, 0.25) is 5.91 Å². The van der Waals surface area contributed by atoms with Gasteiger partial charge in [0, 0.05) is 33.1 Å². The van der Waals surface area contributed by atoms with Gasteiger partial charge in [-0.3, -0.25) is 9.59 Å². The lowest BCUT2D eigenvalue weighted by Crippen LogP contribution is -2.44. The van der Waals surface area contributed by atoms with Gasteiger partial charge in [0.25, 0.3) is 6.47 Å². The highest BCUT2D eigenvalue weighted by atomic mass is 16.6. The van der Waals surface area contributed by atoms with E-state index in [1.54, 1.807) is 4.90 Å². The number of amides is 2. The fourth-order valence-electron chi connectivity index (χ4n) is 3.87. The molecule has 1 N–H and O–H groups in total. The van der Waals surface area contributed by atoms with Gasteiger partial charge in [-0.1, -0.05) is 35.9 Å². The van der Waals surface area contributed by atoms with E-state index in [1.807, 2.05) is 64.0 Å². The van der Waals surface area contributed by atoms with Crippen LogP contribution in [0.15, 0.2) is 42.5 Å². The predicted octanol–water partition coefficient (Wildman–Crippen LogP) is 4.54. The smallest absolute Gasteiger partial charge is 0.410 e. The second-order valence-corrected chi connectivity index (χ2v) is 10.3. The van der Waals surface area contributed by atoms with Gasteiger partial charge in [0.15, 0.2) is 5.75 Å². The van der Waals surface area contributed by atoms with Crippen LogP contribution < -0.4 is 15.0 Å². The van der Waals surface area contributed by atoms with Crippen LogP contribution in [0.4, 0.5) is 10.5 Å². The first kappa shape index (κ1) is 30.2. The van der Waals surface area contributed by atoms with Crippen LogP contribution in [0.3, 0.4) is 0 Å². The number of anilines is 1. The standard InChI is InChI=1S/C16H17NO2.C13H21N3O3/c1-12-4-6-13(7-5-12)14-8-9-16(19-11-18)15(10-14)17(2)3;1-13(2,3)19-12(18)16-8-4-10(5-9-16)11(17)15-7-6-14/h4-11H,1-3H3;10H,4-5,7-9H2,1-3H3,(H,15,17). The Morgan fingerprint density at radius 1 is 1.11 bits per heavy atom. The number of hydrogen-bond acceptors (Lipinski definition) is 7. The van der Waals surface area contributed by atoms with Gasteiger partial charge < -0.3 is 24.6 Å². The zero-order chi connectivity index (χ0) is 28.3. The van der Waals surface area contributed by atoms with Crippen LogP contribution >= 0.6 is 0 Å². The molecule has 2 aromatic carbocycles. The van der Waals surface area contributed by atoms with Gasteiger partial charge in [-0.25, -0.2) is 4.79 Å². The molecular weight excluding hydrogens is 484 g/mol. The second kappa shape index (κ2) is 14.0. The highest BCUT2D eigenvalue weighted by Gasteiger charge is 2.29. The molecule has 0 saturated carbocycles. The zero-order valence-electron chi connectivity index (χ0n) is 23.1. The van der Waals surface area contributed by atoms with Crippen LogP contribution in [0, 0.1) is 24.2 Å². The first-order valence-corrected chi connectivity index (χ1v) is 12.6. The average molecular weight is 523 g/mol. The molecule has 1 fully saturated rings. The number of hydrogen-bond donors (Lipinski definition) is 1. The van der Waals surface area contributed by atoms with E-state index in [9.17, 15) is 14.4 Å². The van der Waals surface area contributed by atoms with Crippen LogP contribution in [0.2, 0.25) is 0 Å². The number of benzene rings is 2. The molecule has 2 aromatic rings. The van der Waals surface area contributed by atoms with Crippen molar-refractivity contribution in [1.82, 2.24) is 10.2 Å². The number of piperidine rings is 1. The van der Waals surface area contributed by atoms with Gasteiger partial charge in [-0.2, -0.15) is 5.26 Å². The van der Waals surface area contributed by atoms with Gasteiger partial charge in [-0.15, -0.1) is 0 Å². The third-order valence-corrected chi connectivity index (χ3v) is 5.86. The third kappa shape index (κ3) is 9.43. The van der Waals surface area contributed by atoms with E-state index < -0.39 is 5.60 Å². The van der Waals surface area contributed by atoms with Crippen LogP contribution in [0.25, 0.3) is 11.1 Å². The molecule has 0 unspecified atom stereocenters. The Bertz CT molecular complexity index is 1130. The summed E-state index contributed by atoms with van der Waals surface area (Å²) in [4.78, 5) is 37.5. The maximum absolute atomic E-state index is 11.8. The molecule has 2 amide bonds. The molecule has 0 aliphatic carbocycles. The molecule has 3 rings (SSSR count). The second-order valence-electron chi connectivity index (χ2n) is 10.3. The minimum atomic E-state index is -0.502. The lowest BCUT2D eigenvalue weighted by Gasteiger charge is -2.32. The van der Waals surface area contributed by atoms with Crippen LogP contribution in [-0.2, 0) is 14.3 Å². The van der Waals surface area contributed by atoms with Crippen LogP contribution in [-0.4, -0.2) is 62.7 Å². The number of nitrogens with one attached hydrogen (secondary N) is 1. The van der Waals surface area contributed by atoms with Gasteiger partial charge >= 0.3 is 6.09 Å². The van der Waals surface area contributed by atoms with Crippen molar-refractivity contribution < 1.29 is 23.9 Å². The Hall–Kier alpha value is -4.06. The Morgan fingerprint density at radius 3 is 2.24 bits per heavy atom. The van der Waals surface area contributed by atoms with Gasteiger partial charge in [0.1, 0.15) is 12.1 Å². The van der Waals surface area contributed by atoms with E-state index >= 15 is 0 Å². The summed E-state index contributed by atoms with van der Waals surface area (Å²) in [6.45, 7) is 9.06. The van der Waals surface area contributed by atoms with Crippen molar-refractivity contribution in [3.8, 4) is 22.9 Å². The van der Waals surface area contributed by atoms with Crippen molar-refractivity contribution in [2.75, 3.05) is 38.6 Å². The molecule has 1 aliphatic heterocycles. The maximum atomic E-state index is 11.8. The summed E-state index contributed by atoms with van der Waals surface area (Å²) in [6, 6.07) is 16.0. The summed E-state index contributed by atoms with van der Waals surface area (Å²) in [5.41, 5.74) is 3.86. The molecule has 38 heavy (non-hydrogen) atoms. The summed E-state index contributed by atoms with van der Waals surface area (Å²) in [5.74, 6) is 0.341. The van der Waals surface area contributed by atoms with Crippen molar-refractivity contribution in [3.05, 3.63) is 48.0 Å². The molecule has 9 nitrogen and oxygen atoms in total. The highest BCUT2D eigenvalue weighted by Crippen LogP contribution is 2.32. The van der Waals surface area contributed by atoms with E-state index in [0.717, 1.165) is 16.8 Å². The van der Waals surface area contributed by atoms with Gasteiger partial charge in [-0.05, 0) is 63.8 Å². The first-order chi connectivity index (χ1) is 17.9. The lowest BCUT2D eigenvalue weighted by atomic mass is 9.96. The first-order valence-electron chi connectivity index (χ1n) is 12.6. The molecule has 0 atom stereocenters. The number of nitrogens with zero attached hydrogens (tertiary/aromatic N) is 3. The Morgan fingerprint density at radius 2 is 1.71 bits per heavy atom. The number of rotatable bonds is 6. The summed E-state index contributed by atoms with van der Waals surface area (Å²) in [7, 11) is 3.85. The Kier molecular flexibility index (Phi) is 11.1. The van der Waals surface area contributed by atoms with Crippen molar-refractivity contribution in [1.29, 1.82) is 5.26 Å². The molecule has 1 heterocycles. The number of aryl methyl sites for hydroxylation is 1. The molecule has 0 bridgehead atoms. The monoisotopic (exact) mass is 522 g/mol. The number of likely N-dealkylation sites (tertiary alicyclic amines) is 1. The molecule has 1 saturated heterocycles. The Balaban J connectivity index is 0.000000267. The summed E-state index contributed by atoms with van der Waals surface area (Å²) >= 11 is 0. The van der Waals surface area contributed by atoms with E-state index in [-0.39, 0.29) is 24.5 Å². The molecule has 9 heteroatoms. The summed E-state index contributed by atoms with van der Waals surface area (Å²) < 4.78 is 10.3. The number of ether oxygens (including phenoxy) is 2. The van der Waals surface area contributed by atoms with E-state index in [0.29, 0.717) is 38.2 Å². The number of nitriles is 1. The van der Waals surface area contributed by atoms with Crippen LogP contribution in [0.1, 0.15) is 39.2 Å². The molecule has 0 aromatic heterocycles. The van der Waals surface area contributed by atoms with Crippen LogP contribution in [0.5, 0.6) is 5.75 Å². The third-order valence-electron chi connectivity index (χ3n) is 5.86. The minimum absolute atomic E-state index is 0.0329. The SMILES string of the molecule is CC(C)(C)OC(=O)N1CCC(C(=O)NCC#N)CC1.Cc1ccc(-c2ccc(OC=O)c(N(C)C)c2)cc1. The molecule has 0 spiro atoms. The minimum Gasteiger partial charge on any atom is -0.444 e. The summed E-state index contributed by atoms with van der Waals surface area (Å²) in [5, 5.41) is 11.0. The zero-order valence-corrected chi connectivity index (χ0v) is 23.1. The lowest BCUT2D eigenvalue weighted by molar-refractivity contribution is -0.126. The largest absolute Gasteiger partial charge is 0.444 e.